The summed E-state index contributed by atoms with van der Waals surface area (Å²) in [5.74, 6) is -0.933. The number of carboxylic acid groups (broad SMARTS) is 1. The van der Waals surface area contributed by atoms with Gasteiger partial charge in [0.15, 0.2) is 0 Å². The second kappa shape index (κ2) is 7.25. The van der Waals surface area contributed by atoms with Crippen LogP contribution in [0.5, 0.6) is 0 Å². The topological polar surface area (TPSA) is 63.6 Å². The number of rotatable bonds is 7. The molecule has 0 amide bonds. The summed E-state index contributed by atoms with van der Waals surface area (Å²) in [7, 11) is 0. The third-order valence-electron chi connectivity index (χ3n) is 2.13. The molecule has 4 heteroatoms. The summed E-state index contributed by atoms with van der Waals surface area (Å²) in [5.41, 5.74) is -0.441. The third kappa shape index (κ3) is 8.26. The fourth-order valence-corrected chi connectivity index (χ4v) is 1.11. The Hall–Kier alpha value is -1.06. The monoisotopic (exact) mass is 230 g/mol. The molecule has 0 aliphatic heterocycles. The lowest BCUT2D eigenvalue weighted by Crippen LogP contribution is -2.23. The molecule has 0 spiro atoms. The molecule has 0 bridgehead atoms. The van der Waals surface area contributed by atoms with Crippen molar-refractivity contribution in [1.29, 1.82) is 0 Å². The molecule has 0 unspecified atom stereocenters. The zero-order valence-corrected chi connectivity index (χ0v) is 10.4. The summed E-state index contributed by atoms with van der Waals surface area (Å²) in [6.45, 7) is 5.90. The van der Waals surface area contributed by atoms with Gasteiger partial charge in [-0.05, 0) is 33.6 Å². The van der Waals surface area contributed by atoms with Gasteiger partial charge in [-0.3, -0.25) is 9.59 Å². The van der Waals surface area contributed by atoms with Gasteiger partial charge in [0, 0.05) is 6.42 Å². The Labute approximate surface area is 97.0 Å². The Kier molecular flexibility index (Phi) is 6.77. The van der Waals surface area contributed by atoms with Crippen LogP contribution in [0.1, 0.15) is 52.9 Å². The van der Waals surface area contributed by atoms with Gasteiger partial charge in [0.2, 0.25) is 0 Å². The fraction of sp³-hybridized carbons (Fsp3) is 0.833. The minimum Gasteiger partial charge on any atom is -0.481 e. The standard InChI is InChI=1S/C12H22O4/c1-12(2,3)11(15)16-9-7-5-4-6-8-10(13)14/h4-9H2,1-3H3,(H,13,14). The average molecular weight is 230 g/mol. The van der Waals surface area contributed by atoms with Crippen molar-refractivity contribution in [3.05, 3.63) is 0 Å². The van der Waals surface area contributed by atoms with E-state index in [-0.39, 0.29) is 12.4 Å². The summed E-state index contributed by atoms with van der Waals surface area (Å²) >= 11 is 0. The fourth-order valence-electron chi connectivity index (χ4n) is 1.11. The largest absolute Gasteiger partial charge is 0.481 e. The number of hydrogen-bond acceptors (Lipinski definition) is 3. The quantitative estimate of drug-likeness (QED) is 0.539. The van der Waals surface area contributed by atoms with Crippen molar-refractivity contribution in [2.45, 2.75) is 52.9 Å². The zero-order chi connectivity index (χ0) is 12.6. The van der Waals surface area contributed by atoms with E-state index in [0.717, 1.165) is 19.3 Å². The second-order valence-electron chi connectivity index (χ2n) is 4.94. The number of ether oxygens (including phenoxy) is 1. The summed E-state index contributed by atoms with van der Waals surface area (Å²) in [6.07, 6.45) is 3.51. The van der Waals surface area contributed by atoms with Gasteiger partial charge in [-0.2, -0.15) is 0 Å². The van der Waals surface area contributed by atoms with Crippen molar-refractivity contribution in [2.75, 3.05) is 6.61 Å². The number of hydrogen-bond donors (Lipinski definition) is 1. The lowest BCUT2D eigenvalue weighted by molar-refractivity contribution is -0.153. The molecule has 0 saturated carbocycles. The number of carbonyl (C=O) groups excluding carboxylic acids is 1. The number of unbranched alkanes of at least 4 members (excludes halogenated alkanes) is 3. The van der Waals surface area contributed by atoms with Gasteiger partial charge in [0.05, 0.1) is 12.0 Å². The van der Waals surface area contributed by atoms with E-state index in [1.807, 2.05) is 20.8 Å². The summed E-state index contributed by atoms with van der Waals surface area (Å²) in [6, 6.07) is 0. The van der Waals surface area contributed by atoms with Crippen molar-refractivity contribution in [2.24, 2.45) is 5.41 Å². The molecule has 0 radical (unpaired) electrons. The predicted octanol–water partition coefficient (Wildman–Crippen LogP) is 2.61. The predicted molar refractivity (Wildman–Crippen MR) is 61.1 cm³/mol. The van der Waals surface area contributed by atoms with Crippen molar-refractivity contribution >= 4 is 11.9 Å². The molecule has 16 heavy (non-hydrogen) atoms. The van der Waals surface area contributed by atoms with Gasteiger partial charge in [0.1, 0.15) is 0 Å². The first-order valence-corrected chi connectivity index (χ1v) is 5.73. The molecule has 0 saturated heterocycles. The van der Waals surface area contributed by atoms with E-state index in [4.69, 9.17) is 9.84 Å². The second-order valence-corrected chi connectivity index (χ2v) is 4.94. The number of carbonyl (C=O) groups is 2. The highest BCUT2D eigenvalue weighted by Gasteiger charge is 2.22. The van der Waals surface area contributed by atoms with E-state index < -0.39 is 11.4 Å². The first-order valence-electron chi connectivity index (χ1n) is 5.73. The molecule has 94 valence electrons. The molecule has 0 rings (SSSR count). The number of esters is 1. The normalized spacial score (nSPS) is 11.2. The number of aliphatic carboxylic acids is 1. The van der Waals surface area contributed by atoms with Crippen molar-refractivity contribution in [3.63, 3.8) is 0 Å². The molecule has 0 fully saturated rings. The van der Waals surface area contributed by atoms with Gasteiger partial charge >= 0.3 is 11.9 Å². The molecule has 0 aliphatic carbocycles. The van der Waals surface area contributed by atoms with E-state index in [1.54, 1.807) is 0 Å². The first-order chi connectivity index (χ1) is 7.34. The van der Waals surface area contributed by atoms with Crippen LogP contribution in [0.2, 0.25) is 0 Å². The molecular weight excluding hydrogens is 208 g/mol. The maximum atomic E-state index is 11.3. The maximum Gasteiger partial charge on any atom is 0.311 e. The van der Waals surface area contributed by atoms with Crippen LogP contribution in [0.25, 0.3) is 0 Å². The van der Waals surface area contributed by atoms with Crippen LogP contribution in [0, 0.1) is 5.41 Å². The molecule has 1 N–H and O–H groups in total. The Morgan fingerprint density at radius 2 is 1.62 bits per heavy atom. The van der Waals surface area contributed by atoms with Crippen molar-refractivity contribution in [1.82, 2.24) is 0 Å². The molecule has 4 nitrogen and oxygen atoms in total. The molecule has 0 aliphatic rings. The highest BCUT2D eigenvalue weighted by molar-refractivity contribution is 5.75. The summed E-state index contributed by atoms with van der Waals surface area (Å²) < 4.78 is 5.08. The third-order valence-corrected chi connectivity index (χ3v) is 2.13. The van der Waals surface area contributed by atoms with E-state index in [1.165, 1.54) is 0 Å². The lowest BCUT2D eigenvalue weighted by Gasteiger charge is -2.16. The van der Waals surface area contributed by atoms with E-state index in [2.05, 4.69) is 0 Å². The minimum atomic E-state index is -0.751. The first kappa shape index (κ1) is 14.9. The Balaban J connectivity index is 3.34. The Morgan fingerprint density at radius 1 is 1.06 bits per heavy atom. The van der Waals surface area contributed by atoms with Gasteiger partial charge in [-0.1, -0.05) is 12.8 Å². The highest BCUT2D eigenvalue weighted by Crippen LogP contribution is 2.15. The van der Waals surface area contributed by atoms with Crippen molar-refractivity contribution in [3.8, 4) is 0 Å². The van der Waals surface area contributed by atoms with Crippen LogP contribution < -0.4 is 0 Å². The number of carboxylic acids is 1. The molecule has 0 aromatic heterocycles. The van der Waals surface area contributed by atoms with Crippen LogP contribution in [0.15, 0.2) is 0 Å². The SMILES string of the molecule is CC(C)(C)C(=O)OCCCCCCC(=O)O. The van der Waals surface area contributed by atoms with Crippen molar-refractivity contribution < 1.29 is 19.4 Å². The van der Waals surface area contributed by atoms with E-state index in [9.17, 15) is 9.59 Å². The van der Waals surface area contributed by atoms with E-state index >= 15 is 0 Å². The Bertz CT molecular complexity index is 228. The molecular formula is C12H22O4. The Morgan fingerprint density at radius 3 is 2.12 bits per heavy atom. The van der Waals surface area contributed by atoms with Gasteiger partial charge in [-0.15, -0.1) is 0 Å². The molecule has 0 aromatic carbocycles. The lowest BCUT2D eigenvalue weighted by atomic mass is 9.97. The van der Waals surface area contributed by atoms with E-state index in [0.29, 0.717) is 13.0 Å². The zero-order valence-electron chi connectivity index (χ0n) is 10.4. The highest BCUT2D eigenvalue weighted by atomic mass is 16.5. The van der Waals surface area contributed by atoms with Crippen LogP contribution >= 0.6 is 0 Å². The average Bonchev–Trinajstić information content (AvgIpc) is 2.14. The minimum absolute atomic E-state index is 0.182. The summed E-state index contributed by atoms with van der Waals surface area (Å²) in [5, 5.41) is 8.41. The van der Waals surface area contributed by atoms with Gasteiger partial charge < -0.3 is 9.84 Å². The van der Waals surface area contributed by atoms with Crippen LogP contribution in [0.3, 0.4) is 0 Å². The smallest absolute Gasteiger partial charge is 0.311 e. The van der Waals surface area contributed by atoms with Crippen LogP contribution in [0.4, 0.5) is 0 Å². The molecule has 0 heterocycles. The van der Waals surface area contributed by atoms with Crippen LogP contribution in [-0.2, 0) is 14.3 Å². The molecule has 0 atom stereocenters. The summed E-state index contributed by atoms with van der Waals surface area (Å²) in [4.78, 5) is 21.6. The van der Waals surface area contributed by atoms with Gasteiger partial charge in [-0.25, -0.2) is 0 Å². The van der Waals surface area contributed by atoms with Gasteiger partial charge in [0.25, 0.3) is 0 Å². The maximum absolute atomic E-state index is 11.3. The van der Waals surface area contributed by atoms with Crippen LogP contribution in [-0.4, -0.2) is 23.7 Å². The molecule has 0 aromatic rings.